The lowest BCUT2D eigenvalue weighted by Crippen LogP contribution is -2.14. The van der Waals surface area contributed by atoms with E-state index in [0.29, 0.717) is 11.5 Å². The molecule has 0 aliphatic rings. The van der Waals surface area contributed by atoms with E-state index in [4.69, 9.17) is 0 Å². The van der Waals surface area contributed by atoms with Crippen molar-refractivity contribution in [2.75, 3.05) is 5.32 Å². The Morgan fingerprint density at radius 2 is 1.71 bits per heavy atom. The molecule has 7 heteroatoms. The molecule has 3 aromatic carbocycles. The number of halogens is 2. The van der Waals surface area contributed by atoms with E-state index < -0.39 is 11.7 Å². The van der Waals surface area contributed by atoms with Gasteiger partial charge in [0.25, 0.3) is 5.91 Å². The Hall–Kier alpha value is -3.32. The lowest BCUT2D eigenvalue weighted by Gasteiger charge is -2.05. The Bertz CT molecular complexity index is 1130. The molecule has 0 bridgehead atoms. The molecule has 0 fully saturated rings. The summed E-state index contributed by atoms with van der Waals surface area (Å²) in [4.78, 5) is 17.1. The zero-order chi connectivity index (χ0) is 19.5. The van der Waals surface area contributed by atoms with Crippen molar-refractivity contribution in [3.8, 4) is 17.1 Å². The Labute approximate surface area is 169 Å². The predicted octanol–water partition coefficient (Wildman–Crippen LogP) is 5.09. The minimum Gasteiger partial charge on any atom is -0.319 e. The maximum Gasteiger partial charge on any atom is 0.295 e. The van der Waals surface area contributed by atoms with Crippen molar-refractivity contribution < 1.29 is 9.18 Å². The SMILES string of the molecule is O=C(Nc1cccc(F)c1)c1nc(-c2ccc(Br)cc2)n(-c2ccccc2)n1. The summed E-state index contributed by atoms with van der Waals surface area (Å²) in [7, 11) is 0. The first-order valence-electron chi connectivity index (χ1n) is 8.45. The Balaban J connectivity index is 1.74. The molecule has 0 saturated carbocycles. The molecule has 0 aliphatic heterocycles. The highest BCUT2D eigenvalue weighted by molar-refractivity contribution is 9.10. The van der Waals surface area contributed by atoms with Crippen LogP contribution < -0.4 is 5.32 Å². The minimum atomic E-state index is -0.515. The largest absolute Gasteiger partial charge is 0.319 e. The van der Waals surface area contributed by atoms with Gasteiger partial charge in [0.2, 0.25) is 5.82 Å². The third kappa shape index (κ3) is 3.84. The number of nitrogens with one attached hydrogen (secondary N) is 1. The van der Waals surface area contributed by atoms with E-state index in [0.717, 1.165) is 15.7 Å². The maximum absolute atomic E-state index is 13.4. The van der Waals surface area contributed by atoms with Crippen LogP contribution in [-0.4, -0.2) is 20.7 Å². The molecule has 138 valence electrons. The molecule has 0 radical (unpaired) electrons. The fraction of sp³-hybridized carbons (Fsp3) is 0. The molecular formula is C21H14BrFN4O. The van der Waals surface area contributed by atoms with Gasteiger partial charge in [-0.3, -0.25) is 4.79 Å². The van der Waals surface area contributed by atoms with E-state index in [1.54, 1.807) is 10.7 Å². The second-order valence-electron chi connectivity index (χ2n) is 5.98. The summed E-state index contributed by atoms with van der Waals surface area (Å²) in [6, 6.07) is 22.7. The first-order valence-corrected chi connectivity index (χ1v) is 9.25. The smallest absolute Gasteiger partial charge is 0.295 e. The van der Waals surface area contributed by atoms with Crippen LogP contribution in [0.15, 0.2) is 83.3 Å². The van der Waals surface area contributed by atoms with Gasteiger partial charge in [-0.2, -0.15) is 0 Å². The number of carbonyl (C=O) groups is 1. The highest BCUT2D eigenvalue weighted by Crippen LogP contribution is 2.23. The number of benzene rings is 3. The van der Waals surface area contributed by atoms with Crippen molar-refractivity contribution in [2.45, 2.75) is 0 Å². The highest BCUT2D eigenvalue weighted by atomic mass is 79.9. The van der Waals surface area contributed by atoms with Crippen molar-refractivity contribution in [1.82, 2.24) is 14.8 Å². The van der Waals surface area contributed by atoms with Gasteiger partial charge in [-0.25, -0.2) is 14.1 Å². The Kier molecular flexibility index (Phi) is 4.99. The highest BCUT2D eigenvalue weighted by Gasteiger charge is 2.19. The summed E-state index contributed by atoms with van der Waals surface area (Å²) in [6.07, 6.45) is 0. The molecule has 0 aliphatic carbocycles. The molecule has 1 aromatic heterocycles. The second-order valence-corrected chi connectivity index (χ2v) is 6.89. The van der Waals surface area contributed by atoms with Gasteiger partial charge in [0, 0.05) is 15.7 Å². The molecule has 5 nitrogen and oxygen atoms in total. The van der Waals surface area contributed by atoms with Crippen molar-refractivity contribution in [2.24, 2.45) is 0 Å². The van der Waals surface area contributed by atoms with E-state index in [1.807, 2.05) is 54.6 Å². The summed E-state index contributed by atoms with van der Waals surface area (Å²) in [5.41, 5.74) is 1.92. The molecule has 0 atom stereocenters. The van der Waals surface area contributed by atoms with E-state index in [-0.39, 0.29) is 5.82 Å². The quantitative estimate of drug-likeness (QED) is 0.484. The number of hydrogen-bond acceptors (Lipinski definition) is 3. The first-order chi connectivity index (χ1) is 13.6. The minimum absolute atomic E-state index is 0.00830. The average molecular weight is 437 g/mol. The number of rotatable bonds is 4. The molecule has 0 spiro atoms. The van der Waals surface area contributed by atoms with Gasteiger partial charge in [-0.05, 0) is 42.5 Å². The molecule has 1 N–H and O–H groups in total. The van der Waals surface area contributed by atoms with E-state index in [1.165, 1.54) is 18.2 Å². The van der Waals surface area contributed by atoms with Gasteiger partial charge in [0.05, 0.1) is 5.69 Å². The normalized spacial score (nSPS) is 10.6. The zero-order valence-electron chi connectivity index (χ0n) is 14.5. The van der Waals surface area contributed by atoms with Crippen LogP contribution in [0.1, 0.15) is 10.6 Å². The van der Waals surface area contributed by atoms with Crippen molar-refractivity contribution in [3.05, 3.63) is 95.0 Å². The molecule has 4 rings (SSSR count). The van der Waals surface area contributed by atoms with Crippen LogP contribution in [0.4, 0.5) is 10.1 Å². The molecule has 1 heterocycles. The number of aromatic nitrogens is 3. The van der Waals surface area contributed by atoms with Gasteiger partial charge < -0.3 is 5.32 Å². The topological polar surface area (TPSA) is 59.8 Å². The van der Waals surface area contributed by atoms with Crippen LogP contribution in [0.2, 0.25) is 0 Å². The van der Waals surface area contributed by atoms with E-state index >= 15 is 0 Å². The third-order valence-corrected chi connectivity index (χ3v) is 4.52. The molecular weight excluding hydrogens is 423 g/mol. The van der Waals surface area contributed by atoms with Crippen LogP contribution in [0.5, 0.6) is 0 Å². The van der Waals surface area contributed by atoms with Crippen LogP contribution >= 0.6 is 15.9 Å². The summed E-state index contributed by atoms with van der Waals surface area (Å²) < 4.78 is 15.9. The lowest BCUT2D eigenvalue weighted by atomic mass is 10.2. The van der Waals surface area contributed by atoms with Gasteiger partial charge in [-0.1, -0.05) is 52.3 Å². The van der Waals surface area contributed by atoms with E-state index in [9.17, 15) is 9.18 Å². The number of amides is 1. The molecule has 28 heavy (non-hydrogen) atoms. The van der Waals surface area contributed by atoms with Crippen LogP contribution in [0.25, 0.3) is 17.1 Å². The molecule has 0 unspecified atom stereocenters. The van der Waals surface area contributed by atoms with Crippen LogP contribution in [0, 0.1) is 5.82 Å². The van der Waals surface area contributed by atoms with Crippen LogP contribution in [0.3, 0.4) is 0 Å². The summed E-state index contributed by atoms with van der Waals surface area (Å²) in [6.45, 7) is 0. The lowest BCUT2D eigenvalue weighted by molar-refractivity contribution is 0.101. The fourth-order valence-electron chi connectivity index (χ4n) is 2.70. The Morgan fingerprint density at radius 1 is 0.964 bits per heavy atom. The average Bonchev–Trinajstić information content (AvgIpc) is 3.15. The summed E-state index contributed by atoms with van der Waals surface area (Å²) in [5, 5.41) is 7.01. The van der Waals surface area contributed by atoms with Gasteiger partial charge in [-0.15, -0.1) is 5.10 Å². The van der Waals surface area contributed by atoms with Gasteiger partial charge in [0.15, 0.2) is 5.82 Å². The van der Waals surface area contributed by atoms with Crippen molar-refractivity contribution in [3.63, 3.8) is 0 Å². The monoisotopic (exact) mass is 436 g/mol. The number of para-hydroxylation sites is 1. The van der Waals surface area contributed by atoms with Crippen molar-refractivity contribution in [1.29, 1.82) is 0 Å². The summed E-state index contributed by atoms with van der Waals surface area (Å²) >= 11 is 3.42. The molecule has 4 aromatic rings. The van der Waals surface area contributed by atoms with E-state index in [2.05, 4.69) is 31.3 Å². The number of carbonyl (C=O) groups excluding carboxylic acids is 1. The van der Waals surface area contributed by atoms with Crippen LogP contribution in [-0.2, 0) is 0 Å². The number of hydrogen-bond donors (Lipinski definition) is 1. The number of anilines is 1. The van der Waals surface area contributed by atoms with Crippen molar-refractivity contribution >= 4 is 27.5 Å². The molecule has 0 saturated heterocycles. The second kappa shape index (κ2) is 7.74. The zero-order valence-corrected chi connectivity index (χ0v) is 16.1. The Morgan fingerprint density at radius 3 is 2.43 bits per heavy atom. The summed E-state index contributed by atoms with van der Waals surface area (Å²) in [5.74, 6) is -0.427. The maximum atomic E-state index is 13.4. The van der Waals surface area contributed by atoms with Gasteiger partial charge in [0.1, 0.15) is 5.82 Å². The molecule has 1 amide bonds. The fourth-order valence-corrected chi connectivity index (χ4v) is 2.96. The first kappa shape index (κ1) is 18.1. The third-order valence-electron chi connectivity index (χ3n) is 4.00. The number of nitrogens with zero attached hydrogens (tertiary/aromatic N) is 3. The van der Waals surface area contributed by atoms with Gasteiger partial charge >= 0.3 is 0 Å². The standard InChI is InChI=1S/C21H14BrFN4O/c22-15-11-9-14(10-12-15)20-25-19(26-27(20)18-7-2-1-3-8-18)21(28)24-17-6-4-5-16(23)13-17/h1-13H,(H,24,28). The predicted molar refractivity (Wildman–Crippen MR) is 109 cm³/mol.